The lowest BCUT2D eigenvalue weighted by Crippen LogP contribution is -2.49. The van der Waals surface area contributed by atoms with Gasteiger partial charge in [0.15, 0.2) is 0 Å². The van der Waals surface area contributed by atoms with Crippen molar-refractivity contribution < 1.29 is 19.1 Å². The number of amides is 1. The van der Waals surface area contributed by atoms with Crippen LogP contribution in [0.15, 0.2) is 36.7 Å². The third kappa shape index (κ3) is 4.56. The van der Waals surface area contributed by atoms with E-state index < -0.39 is 5.97 Å². The minimum atomic E-state index is -0.502. The molecule has 0 spiro atoms. The Morgan fingerprint density at radius 2 is 1.69 bits per heavy atom. The summed E-state index contributed by atoms with van der Waals surface area (Å²) in [5, 5.41) is 0. The number of ether oxygens (including phenoxy) is 2. The smallest absolute Gasteiger partial charge is 0.409 e. The fraction of sp³-hybridized carbons (Fsp3) is 0.400. The molecule has 1 aromatic carbocycles. The van der Waals surface area contributed by atoms with E-state index in [0.717, 1.165) is 5.69 Å². The lowest BCUT2D eigenvalue weighted by Gasteiger charge is -2.35. The second kappa shape index (κ2) is 9.51. The molecule has 8 nitrogen and oxygen atoms in total. The second-order valence-corrected chi connectivity index (χ2v) is 6.73. The fourth-order valence-electron chi connectivity index (χ4n) is 3.16. The van der Waals surface area contributed by atoms with Crippen LogP contribution in [0.2, 0.25) is 0 Å². The summed E-state index contributed by atoms with van der Waals surface area (Å²) in [6.07, 6.45) is 1.29. The van der Waals surface area contributed by atoms with Crippen molar-refractivity contribution in [3.8, 4) is 5.69 Å². The number of esters is 1. The van der Waals surface area contributed by atoms with E-state index in [1.165, 1.54) is 0 Å². The summed E-state index contributed by atoms with van der Waals surface area (Å²) in [5.74, 6) is -0.0257. The Labute approximate surface area is 174 Å². The van der Waals surface area contributed by atoms with Crippen molar-refractivity contribution in [3.05, 3.63) is 46.9 Å². The van der Waals surface area contributed by atoms with Gasteiger partial charge in [-0.2, -0.15) is 0 Å². The minimum Gasteiger partial charge on any atom is -0.462 e. The largest absolute Gasteiger partial charge is 0.462 e. The van der Waals surface area contributed by atoms with Gasteiger partial charge >= 0.3 is 12.1 Å². The van der Waals surface area contributed by atoms with E-state index in [9.17, 15) is 9.59 Å². The van der Waals surface area contributed by atoms with Crippen LogP contribution in [0.3, 0.4) is 0 Å². The molecule has 0 unspecified atom stereocenters. The Morgan fingerprint density at radius 3 is 2.31 bits per heavy atom. The third-order valence-electron chi connectivity index (χ3n) is 4.57. The van der Waals surface area contributed by atoms with Gasteiger partial charge in [0.1, 0.15) is 22.3 Å². The van der Waals surface area contributed by atoms with Crippen LogP contribution in [0.1, 0.15) is 24.2 Å². The Kier molecular flexibility index (Phi) is 6.82. The molecule has 1 amide bonds. The predicted octanol–water partition coefficient (Wildman–Crippen LogP) is 3.06. The monoisotopic (exact) mass is 416 g/mol. The average Bonchev–Trinajstić information content (AvgIpc) is 2.74. The van der Waals surface area contributed by atoms with Crippen molar-refractivity contribution in [3.63, 3.8) is 0 Å². The molecule has 1 aliphatic heterocycles. The van der Waals surface area contributed by atoms with Crippen LogP contribution in [0.4, 0.5) is 10.6 Å². The van der Waals surface area contributed by atoms with E-state index in [0.29, 0.717) is 43.2 Å². The number of benzene rings is 1. The van der Waals surface area contributed by atoms with E-state index in [4.69, 9.17) is 21.7 Å². The zero-order valence-electron chi connectivity index (χ0n) is 16.5. The van der Waals surface area contributed by atoms with E-state index in [1.54, 1.807) is 29.6 Å². The van der Waals surface area contributed by atoms with Crippen molar-refractivity contribution >= 4 is 30.1 Å². The van der Waals surface area contributed by atoms with Crippen molar-refractivity contribution in [2.24, 2.45) is 0 Å². The van der Waals surface area contributed by atoms with Crippen molar-refractivity contribution in [2.45, 2.75) is 13.8 Å². The summed E-state index contributed by atoms with van der Waals surface area (Å²) in [7, 11) is 0. The molecule has 3 rings (SSSR count). The van der Waals surface area contributed by atoms with E-state index in [2.05, 4.69) is 4.98 Å². The molecule has 0 bridgehead atoms. The van der Waals surface area contributed by atoms with Crippen LogP contribution >= 0.6 is 12.2 Å². The molecule has 9 heteroatoms. The van der Waals surface area contributed by atoms with Gasteiger partial charge in [-0.3, -0.25) is 4.57 Å². The molecule has 0 aliphatic carbocycles. The molecular formula is C20H24N4O4S. The number of piperazine rings is 1. The molecule has 2 aromatic rings. The number of carbonyl (C=O) groups is 2. The van der Waals surface area contributed by atoms with Gasteiger partial charge in [-0.25, -0.2) is 14.6 Å². The molecule has 29 heavy (non-hydrogen) atoms. The molecule has 0 N–H and O–H groups in total. The number of anilines is 1. The summed E-state index contributed by atoms with van der Waals surface area (Å²) in [6, 6.07) is 9.48. The molecule has 0 atom stereocenters. The molecule has 154 valence electrons. The summed E-state index contributed by atoms with van der Waals surface area (Å²) in [4.78, 5) is 32.8. The lowest BCUT2D eigenvalue weighted by atomic mass is 10.2. The minimum absolute atomic E-state index is 0.240. The molecule has 1 aromatic heterocycles. The number of aromatic nitrogens is 2. The van der Waals surface area contributed by atoms with Crippen molar-refractivity contribution in [1.29, 1.82) is 0 Å². The first-order valence-electron chi connectivity index (χ1n) is 9.57. The predicted molar refractivity (Wildman–Crippen MR) is 111 cm³/mol. The van der Waals surface area contributed by atoms with Gasteiger partial charge in [-0.1, -0.05) is 30.4 Å². The Morgan fingerprint density at radius 1 is 1.03 bits per heavy atom. The molecule has 0 saturated carbocycles. The molecule has 1 saturated heterocycles. The van der Waals surface area contributed by atoms with Crippen molar-refractivity contribution in [2.75, 3.05) is 44.3 Å². The number of carbonyl (C=O) groups excluding carboxylic acids is 2. The maximum Gasteiger partial charge on any atom is 0.409 e. The molecule has 0 radical (unpaired) electrons. The lowest BCUT2D eigenvalue weighted by molar-refractivity contribution is 0.0524. The maximum atomic E-state index is 12.7. The first kappa shape index (κ1) is 20.8. The highest BCUT2D eigenvalue weighted by molar-refractivity contribution is 7.71. The first-order valence-corrected chi connectivity index (χ1v) is 9.98. The van der Waals surface area contributed by atoms with Gasteiger partial charge in [0.2, 0.25) is 0 Å². The second-order valence-electron chi connectivity index (χ2n) is 6.35. The summed E-state index contributed by atoms with van der Waals surface area (Å²) >= 11 is 5.63. The first-order chi connectivity index (χ1) is 14.1. The highest BCUT2D eigenvalue weighted by Gasteiger charge is 2.27. The standard InChI is InChI=1S/C20H24N4O4S/c1-3-27-19(25)16-17(22-10-12-23(13-11-22)20(26)28-4-2)21-14-24(18(16)29)15-8-6-5-7-9-15/h5-9,14H,3-4,10-13H2,1-2H3. The van der Waals surface area contributed by atoms with E-state index in [1.807, 2.05) is 35.2 Å². The Hall–Kier alpha value is -2.94. The van der Waals surface area contributed by atoms with Gasteiger partial charge in [0.25, 0.3) is 0 Å². The quantitative estimate of drug-likeness (QED) is 0.548. The molecule has 2 heterocycles. The van der Waals surface area contributed by atoms with Crippen molar-refractivity contribution in [1.82, 2.24) is 14.5 Å². The zero-order chi connectivity index (χ0) is 20.8. The summed E-state index contributed by atoms with van der Waals surface area (Å²) in [6.45, 7) is 6.09. The number of hydrogen-bond donors (Lipinski definition) is 0. The van der Waals surface area contributed by atoms with Crippen LogP contribution in [0, 0.1) is 4.64 Å². The number of nitrogens with zero attached hydrogens (tertiary/aromatic N) is 4. The number of hydrogen-bond acceptors (Lipinski definition) is 7. The highest BCUT2D eigenvalue weighted by atomic mass is 32.1. The van der Waals surface area contributed by atoms with Gasteiger partial charge in [0, 0.05) is 31.9 Å². The number of rotatable bonds is 5. The third-order valence-corrected chi connectivity index (χ3v) is 4.97. The Balaban J connectivity index is 1.93. The maximum absolute atomic E-state index is 12.7. The van der Waals surface area contributed by atoms with Crippen LogP contribution < -0.4 is 4.90 Å². The fourth-order valence-corrected chi connectivity index (χ4v) is 3.48. The van der Waals surface area contributed by atoms with Crippen LogP contribution in [0.25, 0.3) is 5.69 Å². The van der Waals surface area contributed by atoms with Gasteiger partial charge < -0.3 is 19.3 Å². The van der Waals surface area contributed by atoms with Crippen LogP contribution in [-0.2, 0) is 9.47 Å². The zero-order valence-corrected chi connectivity index (χ0v) is 17.4. The van der Waals surface area contributed by atoms with Gasteiger partial charge in [0.05, 0.1) is 13.2 Å². The Bertz CT molecular complexity index is 924. The van der Waals surface area contributed by atoms with Gasteiger partial charge in [-0.15, -0.1) is 0 Å². The van der Waals surface area contributed by atoms with Crippen LogP contribution in [-0.4, -0.2) is 65.9 Å². The highest BCUT2D eigenvalue weighted by Crippen LogP contribution is 2.23. The normalized spacial score (nSPS) is 13.9. The van der Waals surface area contributed by atoms with Crippen LogP contribution in [0.5, 0.6) is 0 Å². The SMILES string of the molecule is CCOC(=O)c1c(N2CCN(C(=O)OCC)CC2)ncn(-c2ccccc2)c1=S. The van der Waals surface area contributed by atoms with Gasteiger partial charge in [-0.05, 0) is 26.0 Å². The van der Waals surface area contributed by atoms with E-state index >= 15 is 0 Å². The molecule has 1 fully saturated rings. The summed E-state index contributed by atoms with van der Waals surface area (Å²) in [5.41, 5.74) is 1.08. The molecule has 1 aliphatic rings. The summed E-state index contributed by atoms with van der Waals surface area (Å²) < 4.78 is 12.3. The van der Waals surface area contributed by atoms with E-state index in [-0.39, 0.29) is 18.3 Å². The topological polar surface area (TPSA) is 76.9 Å². The molecular weight excluding hydrogens is 392 g/mol. The average molecular weight is 417 g/mol. The number of para-hydroxylation sites is 1.